The van der Waals surface area contributed by atoms with Gasteiger partial charge >= 0.3 is 12.1 Å². The van der Waals surface area contributed by atoms with Gasteiger partial charge in [0.2, 0.25) is 5.91 Å². The minimum Gasteiger partial charge on any atom is -0.464 e. The van der Waals surface area contributed by atoms with Crippen LogP contribution < -0.4 is 0 Å². The van der Waals surface area contributed by atoms with Crippen molar-refractivity contribution in [1.82, 2.24) is 4.90 Å². The Morgan fingerprint density at radius 1 is 1.43 bits per heavy atom. The Balaban J connectivity index is 2.97. The van der Waals surface area contributed by atoms with Gasteiger partial charge in [0.15, 0.2) is 0 Å². The topological polar surface area (TPSA) is 72.9 Å². The summed E-state index contributed by atoms with van der Waals surface area (Å²) in [5.41, 5.74) is -0.743. The van der Waals surface area contributed by atoms with Crippen molar-refractivity contribution in [2.24, 2.45) is 5.92 Å². The molecule has 1 aliphatic rings. The van der Waals surface area contributed by atoms with Crippen LogP contribution in [0.3, 0.4) is 0 Å². The minimum atomic E-state index is -0.919. The zero-order valence-electron chi connectivity index (χ0n) is 13.0. The van der Waals surface area contributed by atoms with Gasteiger partial charge in [-0.25, -0.2) is 14.5 Å². The van der Waals surface area contributed by atoms with Crippen LogP contribution in [0.25, 0.3) is 0 Å². The Bertz CT molecular complexity index is 438. The zero-order chi connectivity index (χ0) is 16.2. The highest BCUT2D eigenvalue weighted by Gasteiger charge is 2.48. The molecule has 0 aliphatic carbocycles. The van der Waals surface area contributed by atoms with Crippen LogP contribution in [-0.2, 0) is 19.1 Å². The summed E-state index contributed by atoms with van der Waals surface area (Å²) >= 11 is 0. The average molecular weight is 297 g/mol. The normalized spacial score (nSPS) is 22.1. The van der Waals surface area contributed by atoms with E-state index in [9.17, 15) is 14.4 Å². The summed E-state index contributed by atoms with van der Waals surface area (Å²) < 4.78 is 10.2. The molecule has 6 heteroatoms. The number of esters is 1. The van der Waals surface area contributed by atoms with E-state index in [2.05, 4.69) is 6.58 Å². The first-order chi connectivity index (χ1) is 9.71. The molecule has 0 spiro atoms. The maximum Gasteiger partial charge on any atom is 0.417 e. The van der Waals surface area contributed by atoms with Gasteiger partial charge in [0.1, 0.15) is 11.6 Å². The lowest BCUT2D eigenvalue weighted by molar-refractivity contribution is -0.151. The highest BCUT2D eigenvalue weighted by molar-refractivity contribution is 6.00. The molecule has 0 bridgehead atoms. The molecular weight excluding hydrogens is 274 g/mol. The number of nitrogens with zero attached hydrogens (tertiary/aromatic N) is 1. The third-order valence-electron chi connectivity index (χ3n) is 3.01. The molecule has 2 amide bonds. The first-order valence-corrected chi connectivity index (χ1v) is 7.04. The van der Waals surface area contributed by atoms with Crippen LogP contribution in [0.2, 0.25) is 0 Å². The average Bonchev–Trinajstić information content (AvgIpc) is 2.66. The fourth-order valence-electron chi connectivity index (χ4n) is 2.19. The molecule has 0 radical (unpaired) electrons. The zero-order valence-corrected chi connectivity index (χ0v) is 13.0. The molecule has 2 atom stereocenters. The molecule has 0 aromatic carbocycles. The maximum atomic E-state index is 12.3. The second-order valence-corrected chi connectivity index (χ2v) is 5.91. The van der Waals surface area contributed by atoms with Gasteiger partial charge in [-0.05, 0) is 40.5 Å². The highest BCUT2D eigenvalue weighted by atomic mass is 16.6. The SMILES string of the molecule is C=CC[C@@H]1C[C@H](C(=O)OCC)N(C(=O)OC(C)(C)C)C1=O. The van der Waals surface area contributed by atoms with Crippen molar-refractivity contribution in [1.29, 1.82) is 0 Å². The summed E-state index contributed by atoms with van der Waals surface area (Å²) in [4.78, 5) is 37.4. The Morgan fingerprint density at radius 2 is 2.05 bits per heavy atom. The lowest BCUT2D eigenvalue weighted by Crippen LogP contribution is -2.46. The summed E-state index contributed by atoms with van der Waals surface area (Å²) in [5.74, 6) is -1.44. The number of imide groups is 1. The quantitative estimate of drug-likeness (QED) is 0.588. The van der Waals surface area contributed by atoms with Crippen molar-refractivity contribution in [2.45, 2.75) is 52.2 Å². The van der Waals surface area contributed by atoms with Gasteiger partial charge in [-0.2, -0.15) is 0 Å². The number of ether oxygens (including phenoxy) is 2. The Labute approximate surface area is 125 Å². The van der Waals surface area contributed by atoms with Crippen LogP contribution in [0.5, 0.6) is 0 Å². The Kier molecular flexibility index (Phi) is 5.52. The van der Waals surface area contributed by atoms with Gasteiger partial charge < -0.3 is 9.47 Å². The smallest absolute Gasteiger partial charge is 0.417 e. The van der Waals surface area contributed by atoms with Crippen LogP contribution >= 0.6 is 0 Å². The largest absolute Gasteiger partial charge is 0.464 e. The Hall–Kier alpha value is -1.85. The van der Waals surface area contributed by atoms with Gasteiger partial charge in [0, 0.05) is 5.92 Å². The molecule has 0 N–H and O–H groups in total. The van der Waals surface area contributed by atoms with Crippen molar-refractivity contribution >= 4 is 18.0 Å². The molecule has 6 nitrogen and oxygen atoms in total. The second kappa shape index (κ2) is 6.74. The summed E-state index contributed by atoms with van der Waals surface area (Å²) in [6.45, 7) is 10.6. The molecule has 1 rings (SSSR count). The molecule has 1 heterocycles. The number of carbonyl (C=O) groups is 3. The van der Waals surface area contributed by atoms with E-state index in [1.165, 1.54) is 0 Å². The van der Waals surface area contributed by atoms with E-state index in [0.717, 1.165) is 4.90 Å². The number of hydrogen-bond acceptors (Lipinski definition) is 5. The minimum absolute atomic E-state index is 0.192. The predicted octanol–water partition coefficient (Wildman–Crippen LogP) is 2.28. The van der Waals surface area contributed by atoms with E-state index in [4.69, 9.17) is 9.47 Å². The number of likely N-dealkylation sites (tertiary alicyclic amines) is 1. The van der Waals surface area contributed by atoms with Gasteiger partial charge in [0.25, 0.3) is 0 Å². The van der Waals surface area contributed by atoms with Crippen LogP contribution in [0, 0.1) is 5.92 Å². The monoisotopic (exact) mass is 297 g/mol. The van der Waals surface area contributed by atoms with E-state index in [1.54, 1.807) is 33.8 Å². The lowest BCUT2D eigenvalue weighted by Gasteiger charge is -2.26. The van der Waals surface area contributed by atoms with Crippen molar-refractivity contribution in [2.75, 3.05) is 6.61 Å². The summed E-state index contributed by atoms with van der Waals surface area (Å²) in [6, 6.07) is -0.919. The van der Waals surface area contributed by atoms with E-state index >= 15 is 0 Å². The summed E-state index contributed by atoms with van der Waals surface area (Å²) in [7, 11) is 0. The van der Waals surface area contributed by atoms with E-state index < -0.39 is 35.5 Å². The molecule has 0 saturated carbocycles. The van der Waals surface area contributed by atoms with E-state index in [0.29, 0.717) is 6.42 Å². The lowest BCUT2D eigenvalue weighted by atomic mass is 10.0. The van der Waals surface area contributed by atoms with Crippen molar-refractivity contribution < 1.29 is 23.9 Å². The molecule has 0 unspecified atom stereocenters. The molecule has 21 heavy (non-hydrogen) atoms. The molecular formula is C15H23NO5. The van der Waals surface area contributed by atoms with Crippen LogP contribution in [0.15, 0.2) is 12.7 Å². The number of allylic oxidation sites excluding steroid dienone is 1. The highest BCUT2D eigenvalue weighted by Crippen LogP contribution is 2.30. The fraction of sp³-hybridized carbons (Fsp3) is 0.667. The van der Waals surface area contributed by atoms with Crippen LogP contribution in [-0.4, -0.2) is 41.1 Å². The molecule has 0 aromatic heterocycles. The van der Waals surface area contributed by atoms with E-state index in [-0.39, 0.29) is 13.0 Å². The molecule has 1 aliphatic heterocycles. The van der Waals surface area contributed by atoms with Gasteiger partial charge in [-0.1, -0.05) is 6.08 Å². The maximum absolute atomic E-state index is 12.3. The van der Waals surface area contributed by atoms with Crippen LogP contribution in [0.1, 0.15) is 40.5 Å². The number of amides is 2. The van der Waals surface area contributed by atoms with Crippen LogP contribution in [0.4, 0.5) is 4.79 Å². The molecule has 118 valence electrons. The number of hydrogen-bond donors (Lipinski definition) is 0. The molecule has 0 aromatic rings. The molecule has 1 saturated heterocycles. The third kappa shape index (κ3) is 4.31. The van der Waals surface area contributed by atoms with Crippen molar-refractivity contribution in [3.8, 4) is 0 Å². The summed E-state index contributed by atoms with van der Waals surface area (Å²) in [6.07, 6.45) is 1.44. The predicted molar refractivity (Wildman–Crippen MR) is 76.4 cm³/mol. The fourth-order valence-corrected chi connectivity index (χ4v) is 2.19. The third-order valence-corrected chi connectivity index (χ3v) is 3.01. The van der Waals surface area contributed by atoms with Crippen molar-refractivity contribution in [3.63, 3.8) is 0 Å². The molecule has 1 fully saturated rings. The van der Waals surface area contributed by atoms with E-state index in [1.807, 2.05) is 0 Å². The number of carbonyl (C=O) groups excluding carboxylic acids is 3. The number of rotatable bonds is 4. The first kappa shape index (κ1) is 17.2. The summed E-state index contributed by atoms with van der Waals surface area (Å²) in [5, 5.41) is 0. The first-order valence-electron chi connectivity index (χ1n) is 7.04. The standard InChI is InChI=1S/C15H23NO5/c1-6-8-10-9-11(13(18)20-7-2)16(12(10)17)14(19)21-15(3,4)5/h6,10-11H,1,7-9H2,2-5H3/t10-,11-/m1/s1. The van der Waals surface area contributed by atoms with Gasteiger partial charge in [-0.15, -0.1) is 6.58 Å². The van der Waals surface area contributed by atoms with Gasteiger partial charge in [0.05, 0.1) is 6.61 Å². The van der Waals surface area contributed by atoms with Gasteiger partial charge in [-0.3, -0.25) is 4.79 Å². The second-order valence-electron chi connectivity index (χ2n) is 5.91. The van der Waals surface area contributed by atoms with Crippen molar-refractivity contribution in [3.05, 3.63) is 12.7 Å². The Morgan fingerprint density at radius 3 is 2.52 bits per heavy atom.